The summed E-state index contributed by atoms with van der Waals surface area (Å²) in [4.78, 5) is 3.03. The van der Waals surface area contributed by atoms with Crippen molar-refractivity contribution < 1.29 is 0 Å². The highest BCUT2D eigenvalue weighted by Gasteiger charge is 2.05. The van der Waals surface area contributed by atoms with Crippen molar-refractivity contribution >= 4 is 21.6 Å². The number of halogens is 1. The van der Waals surface area contributed by atoms with E-state index in [1.165, 1.54) is 37.8 Å². The van der Waals surface area contributed by atoms with Crippen LogP contribution in [0.4, 0.5) is 5.69 Å². The molecular weight excluding hydrogens is 274 g/mol. The summed E-state index contributed by atoms with van der Waals surface area (Å²) in [6.45, 7) is 3.39. The van der Waals surface area contributed by atoms with Crippen LogP contribution in [0.1, 0.15) is 39.0 Å². The fourth-order valence-electron chi connectivity index (χ4n) is 1.93. The van der Waals surface area contributed by atoms with Crippen LogP contribution in [0.2, 0.25) is 0 Å². The highest BCUT2D eigenvalue weighted by atomic mass is 79.9. The van der Waals surface area contributed by atoms with Crippen LogP contribution in [0.25, 0.3) is 0 Å². The molecule has 0 aliphatic rings. The van der Waals surface area contributed by atoms with E-state index in [0.29, 0.717) is 4.83 Å². The average Bonchev–Trinajstić information content (AvgIpc) is 2.37. The largest absolute Gasteiger partial charge is 0.375 e. The van der Waals surface area contributed by atoms with Gasteiger partial charge < -0.3 is 4.90 Å². The fourth-order valence-corrected chi connectivity index (χ4v) is 2.58. The standard InChI is InChI=1S/C15H24BrN/c1-3-4-9-14(16)10-8-13-17(2)15-11-6-5-7-12-15/h5-7,11-12,14H,3-4,8-10,13H2,1-2H3. The van der Waals surface area contributed by atoms with E-state index in [2.05, 4.69) is 65.1 Å². The molecule has 1 aromatic carbocycles. The summed E-state index contributed by atoms with van der Waals surface area (Å²) in [5.74, 6) is 0. The lowest BCUT2D eigenvalue weighted by Crippen LogP contribution is -2.19. The van der Waals surface area contributed by atoms with Gasteiger partial charge in [-0.15, -0.1) is 0 Å². The summed E-state index contributed by atoms with van der Waals surface area (Å²) in [6.07, 6.45) is 6.48. The third-order valence-corrected chi connectivity index (χ3v) is 3.99. The van der Waals surface area contributed by atoms with E-state index in [1.54, 1.807) is 0 Å². The molecule has 0 bridgehead atoms. The molecule has 0 saturated heterocycles. The molecule has 0 saturated carbocycles. The van der Waals surface area contributed by atoms with Crippen LogP contribution in [-0.2, 0) is 0 Å². The van der Waals surface area contributed by atoms with Gasteiger partial charge in [0.25, 0.3) is 0 Å². The Morgan fingerprint density at radius 1 is 1.12 bits per heavy atom. The van der Waals surface area contributed by atoms with Crippen molar-refractivity contribution in [2.75, 3.05) is 18.5 Å². The van der Waals surface area contributed by atoms with Crippen LogP contribution in [0.15, 0.2) is 30.3 Å². The average molecular weight is 298 g/mol. The second-order valence-electron chi connectivity index (χ2n) is 4.64. The zero-order valence-corrected chi connectivity index (χ0v) is 12.6. The lowest BCUT2D eigenvalue weighted by Gasteiger charge is -2.19. The second-order valence-corrected chi connectivity index (χ2v) is 5.93. The molecule has 1 unspecified atom stereocenters. The van der Waals surface area contributed by atoms with Crippen LogP contribution in [0, 0.1) is 0 Å². The van der Waals surface area contributed by atoms with Crippen molar-refractivity contribution in [2.24, 2.45) is 0 Å². The van der Waals surface area contributed by atoms with E-state index in [1.807, 2.05) is 0 Å². The maximum atomic E-state index is 3.77. The highest BCUT2D eigenvalue weighted by molar-refractivity contribution is 9.09. The lowest BCUT2D eigenvalue weighted by atomic mass is 10.1. The van der Waals surface area contributed by atoms with Crippen LogP contribution < -0.4 is 4.90 Å². The number of rotatable bonds is 8. The molecule has 0 N–H and O–H groups in total. The number of alkyl halides is 1. The van der Waals surface area contributed by atoms with E-state index < -0.39 is 0 Å². The Kier molecular flexibility index (Phi) is 7.34. The number of para-hydroxylation sites is 1. The van der Waals surface area contributed by atoms with Crippen molar-refractivity contribution in [1.82, 2.24) is 0 Å². The van der Waals surface area contributed by atoms with Crippen LogP contribution in [0.5, 0.6) is 0 Å². The third-order valence-electron chi connectivity index (χ3n) is 3.08. The van der Waals surface area contributed by atoms with Crippen LogP contribution >= 0.6 is 15.9 Å². The minimum absolute atomic E-state index is 0.701. The molecule has 0 aliphatic carbocycles. The van der Waals surface area contributed by atoms with E-state index in [-0.39, 0.29) is 0 Å². The first kappa shape index (κ1) is 14.6. The summed E-state index contributed by atoms with van der Waals surface area (Å²) >= 11 is 3.77. The monoisotopic (exact) mass is 297 g/mol. The molecule has 0 amide bonds. The third kappa shape index (κ3) is 6.11. The first-order valence-electron chi connectivity index (χ1n) is 6.64. The summed E-state index contributed by atoms with van der Waals surface area (Å²) < 4.78 is 0. The summed E-state index contributed by atoms with van der Waals surface area (Å²) in [5, 5.41) is 0. The predicted octanol–water partition coefficient (Wildman–Crippen LogP) is 4.86. The first-order valence-corrected chi connectivity index (χ1v) is 7.56. The van der Waals surface area contributed by atoms with Crippen molar-refractivity contribution in [3.8, 4) is 0 Å². The van der Waals surface area contributed by atoms with Gasteiger partial charge in [0.05, 0.1) is 0 Å². The Labute approximate surface area is 114 Å². The molecular formula is C15H24BrN. The molecule has 0 aliphatic heterocycles. The van der Waals surface area contributed by atoms with Gasteiger partial charge in [-0.25, -0.2) is 0 Å². The summed E-state index contributed by atoms with van der Waals surface area (Å²) in [5.41, 5.74) is 1.31. The Morgan fingerprint density at radius 2 is 1.76 bits per heavy atom. The number of hydrogen-bond acceptors (Lipinski definition) is 1. The number of benzene rings is 1. The first-order chi connectivity index (χ1) is 8.24. The van der Waals surface area contributed by atoms with E-state index >= 15 is 0 Å². The van der Waals surface area contributed by atoms with Gasteiger partial charge >= 0.3 is 0 Å². The minimum atomic E-state index is 0.701. The zero-order valence-electron chi connectivity index (χ0n) is 11.0. The Bertz CT molecular complexity index is 286. The quantitative estimate of drug-likeness (QED) is 0.620. The summed E-state index contributed by atoms with van der Waals surface area (Å²) in [6, 6.07) is 10.6. The van der Waals surface area contributed by atoms with Gasteiger partial charge in [0.1, 0.15) is 0 Å². The number of nitrogens with zero attached hydrogens (tertiary/aromatic N) is 1. The molecule has 1 atom stereocenters. The van der Waals surface area contributed by atoms with Crippen molar-refractivity contribution in [3.63, 3.8) is 0 Å². The van der Waals surface area contributed by atoms with Gasteiger partial charge in [0, 0.05) is 24.1 Å². The number of anilines is 1. The number of unbranched alkanes of at least 4 members (excludes halogenated alkanes) is 1. The molecule has 0 heterocycles. The van der Waals surface area contributed by atoms with E-state index in [9.17, 15) is 0 Å². The number of hydrogen-bond donors (Lipinski definition) is 0. The van der Waals surface area contributed by atoms with Gasteiger partial charge in [-0.05, 0) is 31.4 Å². The van der Waals surface area contributed by atoms with Gasteiger partial charge in [0.15, 0.2) is 0 Å². The van der Waals surface area contributed by atoms with Gasteiger partial charge in [0.2, 0.25) is 0 Å². The van der Waals surface area contributed by atoms with Crippen LogP contribution in [-0.4, -0.2) is 18.4 Å². The molecule has 17 heavy (non-hydrogen) atoms. The molecule has 0 fully saturated rings. The predicted molar refractivity (Wildman–Crippen MR) is 81.2 cm³/mol. The molecule has 1 nitrogen and oxygen atoms in total. The van der Waals surface area contributed by atoms with Gasteiger partial charge in [-0.1, -0.05) is 53.9 Å². The molecule has 96 valence electrons. The van der Waals surface area contributed by atoms with Crippen molar-refractivity contribution in [1.29, 1.82) is 0 Å². The zero-order chi connectivity index (χ0) is 12.5. The maximum Gasteiger partial charge on any atom is 0.0363 e. The van der Waals surface area contributed by atoms with Crippen LogP contribution in [0.3, 0.4) is 0 Å². The van der Waals surface area contributed by atoms with Gasteiger partial charge in [-0.3, -0.25) is 0 Å². The molecule has 2 heteroatoms. The van der Waals surface area contributed by atoms with Crippen molar-refractivity contribution in [2.45, 2.75) is 43.9 Å². The molecule has 1 rings (SSSR count). The molecule has 0 aromatic heterocycles. The lowest BCUT2D eigenvalue weighted by molar-refractivity contribution is 0.626. The van der Waals surface area contributed by atoms with Gasteiger partial charge in [-0.2, -0.15) is 0 Å². The molecule has 0 spiro atoms. The summed E-state index contributed by atoms with van der Waals surface area (Å²) in [7, 11) is 2.17. The fraction of sp³-hybridized carbons (Fsp3) is 0.600. The Balaban J connectivity index is 2.18. The molecule has 1 aromatic rings. The normalized spacial score (nSPS) is 12.4. The highest BCUT2D eigenvalue weighted by Crippen LogP contribution is 2.17. The topological polar surface area (TPSA) is 3.24 Å². The Morgan fingerprint density at radius 3 is 2.41 bits per heavy atom. The second kappa shape index (κ2) is 8.57. The van der Waals surface area contributed by atoms with Crippen molar-refractivity contribution in [3.05, 3.63) is 30.3 Å². The maximum absolute atomic E-state index is 3.77. The molecule has 0 radical (unpaired) electrons. The Hall–Kier alpha value is -0.500. The van der Waals surface area contributed by atoms with E-state index in [0.717, 1.165) is 6.54 Å². The smallest absolute Gasteiger partial charge is 0.0363 e. The SMILES string of the molecule is CCCCC(Br)CCCN(C)c1ccccc1. The van der Waals surface area contributed by atoms with E-state index in [4.69, 9.17) is 0 Å². The minimum Gasteiger partial charge on any atom is -0.375 e.